The summed E-state index contributed by atoms with van der Waals surface area (Å²) in [7, 11) is 0. The van der Waals surface area contributed by atoms with Gasteiger partial charge in [-0.3, -0.25) is 0 Å². The van der Waals surface area contributed by atoms with Crippen molar-refractivity contribution in [3.8, 4) is 0 Å². The normalized spacial score (nSPS) is 14.1. The third kappa shape index (κ3) is 3.48. The molecule has 3 N–H and O–H groups in total. The fourth-order valence-electron chi connectivity index (χ4n) is 1.97. The highest BCUT2D eigenvalue weighted by atomic mass is 35.5. The van der Waals surface area contributed by atoms with Gasteiger partial charge in [-0.05, 0) is 17.2 Å². The second-order valence-corrected chi connectivity index (χ2v) is 5.21. The first-order valence-corrected chi connectivity index (χ1v) is 6.76. The molecule has 2 rings (SSSR count). The van der Waals surface area contributed by atoms with Gasteiger partial charge in [-0.2, -0.15) is 0 Å². The molecule has 0 aliphatic rings. The fraction of sp³-hybridized carbons (Fsp3) is 0.200. The first kappa shape index (κ1) is 14.4. The first-order chi connectivity index (χ1) is 9.09. The third-order valence-corrected chi connectivity index (χ3v) is 3.88. The summed E-state index contributed by atoms with van der Waals surface area (Å²) in [6.07, 6.45) is -0.233. The van der Waals surface area contributed by atoms with Crippen molar-refractivity contribution in [2.24, 2.45) is 5.73 Å². The van der Waals surface area contributed by atoms with Gasteiger partial charge in [-0.15, -0.1) is 0 Å². The Balaban J connectivity index is 2.15. The second kappa shape index (κ2) is 6.40. The van der Waals surface area contributed by atoms with Crippen molar-refractivity contribution in [2.45, 2.75) is 18.6 Å². The number of aliphatic hydroxyl groups is 1. The fourth-order valence-corrected chi connectivity index (χ4v) is 2.40. The maximum atomic E-state index is 10.2. The molecule has 19 heavy (non-hydrogen) atoms. The van der Waals surface area contributed by atoms with Crippen LogP contribution in [0.15, 0.2) is 48.5 Å². The predicted molar refractivity (Wildman–Crippen MR) is 79.5 cm³/mol. The first-order valence-electron chi connectivity index (χ1n) is 6.01. The Kier molecular flexibility index (Phi) is 4.83. The molecule has 0 unspecified atom stereocenters. The van der Waals surface area contributed by atoms with Crippen molar-refractivity contribution >= 4 is 23.2 Å². The number of aliphatic hydroxyl groups excluding tert-OH is 1. The van der Waals surface area contributed by atoms with Gasteiger partial charge in [0, 0.05) is 6.42 Å². The Morgan fingerprint density at radius 2 is 1.68 bits per heavy atom. The quantitative estimate of drug-likeness (QED) is 0.905. The zero-order chi connectivity index (χ0) is 13.8. The minimum atomic E-state index is -0.710. The molecule has 2 atom stereocenters. The predicted octanol–water partition coefficient (Wildman–Crippen LogP) is 3.60. The van der Waals surface area contributed by atoms with E-state index < -0.39 is 12.1 Å². The van der Waals surface area contributed by atoms with Crippen molar-refractivity contribution < 1.29 is 5.11 Å². The molecule has 0 heterocycles. The van der Waals surface area contributed by atoms with Crippen LogP contribution < -0.4 is 5.73 Å². The molecule has 0 bridgehead atoms. The number of rotatable bonds is 4. The molecule has 2 aromatic rings. The summed E-state index contributed by atoms with van der Waals surface area (Å²) in [6.45, 7) is 0. The Morgan fingerprint density at radius 1 is 1.00 bits per heavy atom. The zero-order valence-corrected chi connectivity index (χ0v) is 11.8. The van der Waals surface area contributed by atoms with E-state index in [4.69, 9.17) is 28.9 Å². The molecule has 0 aliphatic heterocycles. The number of nitrogens with two attached hydrogens (primary N) is 1. The van der Waals surface area contributed by atoms with E-state index in [9.17, 15) is 5.11 Å². The van der Waals surface area contributed by atoms with Crippen LogP contribution in [0.25, 0.3) is 0 Å². The molecule has 0 spiro atoms. The number of hydrogen-bond donors (Lipinski definition) is 2. The van der Waals surface area contributed by atoms with E-state index in [2.05, 4.69) is 0 Å². The van der Waals surface area contributed by atoms with Crippen molar-refractivity contribution in [1.29, 1.82) is 0 Å². The molecule has 100 valence electrons. The van der Waals surface area contributed by atoms with Crippen LogP contribution >= 0.6 is 23.2 Å². The standard InChI is InChI=1S/C15H15Cl2NO/c16-12-8-4-7-11(14(12)17)15(18)13(19)9-10-5-2-1-3-6-10/h1-8,13,15,19H,9,18H2/t13-,15+/m1/s1. The van der Waals surface area contributed by atoms with Crippen LogP contribution in [0.1, 0.15) is 17.2 Å². The van der Waals surface area contributed by atoms with Crippen LogP contribution in [0.5, 0.6) is 0 Å². The van der Waals surface area contributed by atoms with Crippen LogP contribution in [0, 0.1) is 0 Å². The van der Waals surface area contributed by atoms with Crippen LogP contribution in [-0.2, 0) is 6.42 Å². The minimum Gasteiger partial charge on any atom is -0.391 e. The molecule has 0 aromatic heterocycles. The van der Waals surface area contributed by atoms with Gasteiger partial charge < -0.3 is 10.8 Å². The summed E-state index contributed by atoms with van der Waals surface area (Å²) in [5, 5.41) is 11.1. The maximum Gasteiger partial charge on any atom is 0.0773 e. The van der Waals surface area contributed by atoms with Gasteiger partial charge >= 0.3 is 0 Å². The van der Waals surface area contributed by atoms with E-state index in [-0.39, 0.29) is 0 Å². The van der Waals surface area contributed by atoms with Crippen LogP contribution in [0.3, 0.4) is 0 Å². The largest absolute Gasteiger partial charge is 0.391 e. The Labute approximate surface area is 122 Å². The molecule has 0 saturated heterocycles. The Hall–Kier alpha value is -1.06. The number of benzene rings is 2. The van der Waals surface area contributed by atoms with Crippen molar-refractivity contribution in [2.75, 3.05) is 0 Å². The Morgan fingerprint density at radius 3 is 2.37 bits per heavy atom. The minimum absolute atomic E-state index is 0.406. The highest BCUT2D eigenvalue weighted by Crippen LogP contribution is 2.30. The molecule has 2 aromatic carbocycles. The molecule has 0 aliphatic carbocycles. The topological polar surface area (TPSA) is 46.2 Å². The molecular formula is C15H15Cl2NO. The van der Waals surface area contributed by atoms with E-state index >= 15 is 0 Å². The lowest BCUT2D eigenvalue weighted by molar-refractivity contribution is 0.145. The summed E-state index contributed by atoms with van der Waals surface area (Å²) < 4.78 is 0. The van der Waals surface area contributed by atoms with E-state index in [1.54, 1.807) is 18.2 Å². The van der Waals surface area contributed by atoms with E-state index in [1.165, 1.54) is 0 Å². The average Bonchev–Trinajstić information content (AvgIpc) is 2.42. The molecule has 0 amide bonds. The van der Waals surface area contributed by atoms with Gasteiger partial charge in [0.15, 0.2) is 0 Å². The zero-order valence-electron chi connectivity index (χ0n) is 10.3. The van der Waals surface area contributed by atoms with E-state index in [0.29, 0.717) is 22.0 Å². The average molecular weight is 296 g/mol. The molecule has 0 saturated carbocycles. The smallest absolute Gasteiger partial charge is 0.0773 e. The molecule has 0 fully saturated rings. The highest BCUT2D eigenvalue weighted by Gasteiger charge is 2.20. The van der Waals surface area contributed by atoms with Crippen LogP contribution in [0.2, 0.25) is 10.0 Å². The van der Waals surface area contributed by atoms with Gasteiger partial charge in [0.1, 0.15) is 0 Å². The van der Waals surface area contributed by atoms with Crippen molar-refractivity contribution in [3.05, 3.63) is 69.7 Å². The van der Waals surface area contributed by atoms with Crippen molar-refractivity contribution in [1.82, 2.24) is 0 Å². The van der Waals surface area contributed by atoms with Crippen molar-refractivity contribution in [3.63, 3.8) is 0 Å². The second-order valence-electron chi connectivity index (χ2n) is 4.43. The van der Waals surface area contributed by atoms with E-state index in [1.807, 2.05) is 30.3 Å². The maximum absolute atomic E-state index is 10.2. The molecular weight excluding hydrogens is 281 g/mol. The summed E-state index contributed by atoms with van der Waals surface area (Å²) in [6, 6.07) is 14.4. The van der Waals surface area contributed by atoms with Crippen LogP contribution in [-0.4, -0.2) is 11.2 Å². The third-order valence-electron chi connectivity index (χ3n) is 3.04. The monoisotopic (exact) mass is 295 g/mol. The van der Waals surface area contributed by atoms with Gasteiger partial charge in [-0.25, -0.2) is 0 Å². The lowest BCUT2D eigenvalue weighted by atomic mass is 9.97. The van der Waals surface area contributed by atoms with Gasteiger partial charge in [0.2, 0.25) is 0 Å². The summed E-state index contributed by atoms with van der Waals surface area (Å²) in [5.74, 6) is 0. The van der Waals surface area contributed by atoms with E-state index in [0.717, 1.165) is 5.56 Å². The Bertz CT molecular complexity index is 545. The summed E-state index contributed by atoms with van der Waals surface area (Å²) in [4.78, 5) is 0. The SMILES string of the molecule is N[C@@H](c1cccc(Cl)c1Cl)[C@H](O)Cc1ccccc1. The summed E-state index contributed by atoms with van der Waals surface area (Å²) >= 11 is 12.1. The molecule has 4 heteroatoms. The number of halogens is 2. The number of hydrogen-bond acceptors (Lipinski definition) is 2. The van der Waals surface area contributed by atoms with Gasteiger partial charge in [0.05, 0.1) is 22.2 Å². The summed E-state index contributed by atoms with van der Waals surface area (Å²) in [5.41, 5.74) is 7.76. The lowest BCUT2D eigenvalue weighted by Crippen LogP contribution is -2.28. The van der Waals surface area contributed by atoms with Gasteiger partial charge in [-0.1, -0.05) is 65.7 Å². The molecule has 0 radical (unpaired) electrons. The molecule has 2 nitrogen and oxygen atoms in total. The van der Waals surface area contributed by atoms with Gasteiger partial charge in [0.25, 0.3) is 0 Å². The van der Waals surface area contributed by atoms with Crippen LogP contribution in [0.4, 0.5) is 0 Å². The highest BCUT2D eigenvalue weighted by molar-refractivity contribution is 6.42. The lowest BCUT2D eigenvalue weighted by Gasteiger charge is -2.20.